The van der Waals surface area contributed by atoms with E-state index in [0.717, 1.165) is 15.3 Å². The molecule has 1 aliphatic rings. The van der Waals surface area contributed by atoms with Crippen LogP contribution < -0.4 is 4.90 Å². The highest BCUT2D eigenvalue weighted by Crippen LogP contribution is 2.32. The zero-order chi connectivity index (χ0) is 19.9. The summed E-state index contributed by atoms with van der Waals surface area (Å²) in [4.78, 5) is 19.2. The highest BCUT2D eigenvalue weighted by molar-refractivity contribution is 7.92. The van der Waals surface area contributed by atoms with Crippen LogP contribution >= 0.6 is 11.3 Å². The number of carbonyl (C=O) groups is 1. The summed E-state index contributed by atoms with van der Waals surface area (Å²) in [6, 6.07) is 14.0. The lowest BCUT2D eigenvalue weighted by Crippen LogP contribution is -2.53. The molecule has 0 saturated carbocycles. The molecule has 8 heteroatoms. The molecule has 0 unspecified atom stereocenters. The molecule has 1 aromatic heterocycles. The molecule has 6 nitrogen and oxygen atoms in total. The number of ether oxygens (including phenoxy) is 1. The van der Waals surface area contributed by atoms with Crippen LogP contribution in [0.2, 0.25) is 0 Å². The molecule has 0 bridgehead atoms. The van der Waals surface area contributed by atoms with Crippen LogP contribution in [0, 0.1) is 0 Å². The van der Waals surface area contributed by atoms with E-state index >= 15 is 0 Å². The average molecular weight is 417 g/mol. The van der Waals surface area contributed by atoms with Crippen LogP contribution in [-0.2, 0) is 14.6 Å². The summed E-state index contributed by atoms with van der Waals surface area (Å²) in [7, 11) is -3.43. The molecule has 2 heterocycles. The molecule has 0 aliphatic carbocycles. The Kier molecular flexibility index (Phi) is 4.84. The van der Waals surface area contributed by atoms with Crippen LogP contribution in [0.3, 0.4) is 0 Å². The number of hydrogen-bond donors (Lipinski definition) is 0. The summed E-state index contributed by atoms with van der Waals surface area (Å²) in [5.41, 5.74) is 1.21. The Labute approximate surface area is 167 Å². The Hall–Kier alpha value is -2.45. The van der Waals surface area contributed by atoms with Gasteiger partial charge in [0.05, 0.1) is 39.0 Å². The van der Waals surface area contributed by atoms with Gasteiger partial charge in [0.25, 0.3) is 0 Å². The number of carbonyl (C=O) groups excluding carboxylic acids is 1. The first kappa shape index (κ1) is 18.9. The van der Waals surface area contributed by atoms with Gasteiger partial charge in [0.15, 0.2) is 15.0 Å². The van der Waals surface area contributed by atoms with Crippen molar-refractivity contribution in [2.45, 2.75) is 30.1 Å². The summed E-state index contributed by atoms with van der Waals surface area (Å²) in [6.45, 7) is 4.39. The number of sulfone groups is 1. The van der Waals surface area contributed by atoms with E-state index in [2.05, 4.69) is 9.88 Å². The molecule has 28 heavy (non-hydrogen) atoms. The van der Waals surface area contributed by atoms with E-state index in [-0.39, 0.29) is 16.6 Å². The Balaban J connectivity index is 1.40. The van der Waals surface area contributed by atoms with Crippen LogP contribution in [0.1, 0.15) is 24.2 Å². The quantitative estimate of drug-likeness (QED) is 0.592. The Morgan fingerprint density at radius 1 is 1.18 bits per heavy atom. The minimum atomic E-state index is -3.43. The van der Waals surface area contributed by atoms with Gasteiger partial charge in [-0.3, -0.25) is 0 Å². The summed E-state index contributed by atoms with van der Waals surface area (Å²) >= 11 is 1.61. The molecule has 1 saturated heterocycles. The number of hydrogen-bond acceptors (Lipinski definition) is 7. The van der Waals surface area contributed by atoms with Gasteiger partial charge in [0, 0.05) is 0 Å². The van der Waals surface area contributed by atoms with E-state index in [1.807, 2.05) is 24.3 Å². The van der Waals surface area contributed by atoms with Gasteiger partial charge < -0.3 is 9.64 Å². The topological polar surface area (TPSA) is 76.6 Å². The second kappa shape index (κ2) is 7.18. The van der Waals surface area contributed by atoms with Gasteiger partial charge in [-0.05, 0) is 44.2 Å². The second-order valence-electron chi connectivity index (χ2n) is 7.02. The number of esters is 1. The number of rotatable bonds is 5. The molecule has 0 spiro atoms. The fourth-order valence-electron chi connectivity index (χ4n) is 2.96. The number of thiazole rings is 1. The van der Waals surface area contributed by atoms with Gasteiger partial charge in [-0.2, -0.15) is 0 Å². The van der Waals surface area contributed by atoms with Gasteiger partial charge in [-0.1, -0.05) is 29.5 Å². The number of aromatic nitrogens is 1. The SMILES string of the molecule is CC(C)S(=O)(=O)c1cccc(C(=O)OC2CN(c3nc4ccccc4s3)C2)c1. The van der Waals surface area contributed by atoms with Crippen molar-refractivity contribution in [1.82, 2.24) is 4.98 Å². The predicted molar refractivity (Wildman–Crippen MR) is 110 cm³/mol. The first-order valence-corrected chi connectivity index (χ1v) is 11.4. The Morgan fingerprint density at radius 2 is 1.93 bits per heavy atom. The van der Waals surface area contributed by atoms with Crippen LogP contribution in [-0.4, -0.2) is 43.8 Å². The highest BCUT2D eigenvalue weighted by atomic mass is 32.2. The maximum atomic E-state index is 12.4. The molecule has 4 rings (SSSR count). The molecule has 0 atom stereocenters. The second-order valence-corrected chi connectivity index (χ2v) is 10.5. The molecule has 1 aliphatic heterocycles. The molecule has 1 fully saturated rings. The van der Waals surface area contributed by atoms with E-state index in [9.17, 15) is 13.2 Å². The van der Waals surface area contributed by atoms with E-state index in [1.54, 1.807) is 37.3 Å². The number of para-hydroxylation sites is 1. The lowest BCUT2D eigenvalue weighted by molar-refractivity contribution is 0.0234. The van der Waals surface area contributed by atoms with Gasteiger partial charge in [0.2, 0.25) is 0 Å². The lowest BCUT2D eigenvalue weighted by atomic mass is 10.2. The molecule has 3 aromatic rings. The average Bonchev–Trinajstić information content (AvgIpc) is 3.07. The van der Waals surface area contributed by atoms with Gasteiger partial charge in [-0.25, -0.2) is 18.2 Å². The molecular weight excluding hydrogens is 396 g/mol. The first-order valence-electron chi connectivity index (χ1n) is 9.00. The van der Waals surface area contributed by atoms with Crippen molar-refractivity contribution in [3.63, 3.8) is 0 Å². The fraction of sp³-hybridized carbons (Fsp3) is 0.300. The van der Waals surface area contributed by atoms with Gasteiger partial charge in [0.1, 0.15) is 6.10 Å². The summed E-state index contributed by atoms with van der Waals surface area (Å²) < 4.78 is 31.3. The van der Waals surface area contributed by atoms with E-state index < -0.39 is 21.1 Å². The van der Waals surface area contributed by atoms with Gasteiger partial charge in [-0.15, -0.1) is 0 Å². The standard InChI is InChI=1S/C20H20N2O4S2/c1-13(2)28(24,25)16-7-5-6-14(10-16)19(23)26-15-11-22(12-15)20-21-17-8-3-4-9-18(17)27-20/h3-10,13,15H,11-12H2,1-2H3. The van der Waals surface area contributed by atoms with Crippen molar-refractivity contribution in [2.75, 3.05) is 18.0 Å². The third-order valence-electron chi connectivity index (χ3n) is 4.69. The molecule has 0 N–H and O–H groups in total. The lowest BCUT2D eigenvalue weighted by Gasteiger charge is -2.38. The monoisotopic (exact) mass is 416 g/mol. The zero-order valence-corrected chi connectivity index (χ0v) is 17.2. The smallest absolute Gasteiger partial charge is 0.338 e. The van der Waals surface area contributed by atoms with Crippen LogP contribution in [0.15, 0.2) is 53.4 Å². The third-order valence-corrected chi connectivity index (χ3v) is 7.94. The number of nitrogens with zero attached hydrogens (tertiary/aromatic N) is 2. The molecule has 0 radical (unpaired) electrons. The van der Waals surface area contributed by atoms with E-state index in [4.69, 9.17) is 4.74 Å². The Bertz CT molecular complexity index is 1100. The number of fused-ring (bicyclic) bond motifs is 1. The number of benzene rings is 2. The summed E-state index contributed by atoms with van der Waals surface area (Å²) in [6.07, 6.45) is -0.232. The largest absolute Gasteiger partial charge is 0.455 e. The third kappa shape index (κ3) is 3.49. The zero-order valence-electron chi connectivity index (χ0n) is 15.5. The predicted octanol–water partition coefficient (Wildman–Crippen LogP) is 3.52. The van der Waals surface area contributed by atoms with Gasteiger partial charge >= 0.3 is 5.97 Å². The maximum absolute atomic E-state index is 12.4. The normalized spacial score (nSPS) is 15.0. The van der Waals surface area contributed by atoms with E-state index in [0.29, 0.717) is 13.1 Å². The van der Waals surface area contributed by atoms with Crippen molar-refractivity contribution in [1.29, 1.82) is 0 Å². The summed E-state index contributed by atoms with van der Waals surface area (Å²) in [5, 5.41) is 0.367. The minimum absolute atomic E-state index is 0.140. The first-order chi connectivity index (χ1) is 13.3. The van der Waals surface area contributed by atoms with Crippen LogP contribution in [0.4, 0.5) is 5.13 Å². The van der Waals surface area contributed by atoms with Crippen LogP contribution in [0.25, 0.3) is 10.2 Å². The van der Waals surface area contributed by atoms with Crippen molar-refractivity contribution in [2.24, 2.45) is 0 Å². The molecule has 0 amide bonds. The number of anilines is 1. The Morgan fingerprint density at radius 3 is 2.64 bits per heavy atom. The summed E-state index contributed by atoms with van der Waals surface area (Å²) in [5.74, 6) is -0.505. The maximum Gasteiger partial charge on any atom is 0.338 e. The van der Waals surface area contributed by atoms with Crippen LogP contribution in [0.5, 0.6) is 0 Å². The van der Waals surface area contributed by atoms with Crippen molar-refractivity contribution in [3.8, 4) is 0 Å². The van der Waals surface area contributed by atoms with Crippen molar-refractivity contribution >= 4 is 42.5 Å². The van der Waals surface area contributed by atoms with E-state index in [1.165, 1.54) is 12.1 Å². The van der Waals surface area contributed by atoms with Crippen molar-refractivity contribution in [3.05, 3.63) is 54.1 Å². The molecule has 2 aromatic carbocycles. The van der Waals surface area contributed by atoms with Crippen molar-refractivity contribution < 1.29 is 17.9 Å². The molecule has 146 valence electrons. The highest BCUT2D eigenvalue weighted by Gasteiger charge is 2.32. The molecular formula is C20H20N2O4S2. The fourth-order valence-corrected chi connectivity index (χ4v) is 5.04. The minimum Gasteiger partial charge on any atom is -0.455 e.